The van der Waals surface area contributed by atoms with E-state index in [4.69, 9.17) is 4.74 Å². The Balaban J connectivity index is 1.49. The molecular weight excluding hydrogens is 308 g/mol. The van der Waals surface area contributed by atoms with Crippen LogP contribution in [0.1, 0.15) is 24.0 Å². The lowest BCUT2D eigenvalue weighted by atomic mass is 10.1. The molecule has 3 rings (SSSR count). The summed E-state index contributed by atoms with van der Waals surface area (Å²) in [5.41, 5.74) is 2.29. The molecule has 0 radical (unpaired) electrons. The van der Waals surface area contributed by atoms with E-state index >= 15 is 0 Å². The van der Waals surface area contributed by atoms with E-state index in [-0.39, 0.29) is 6.10 Å². The zero-order chi connectivity index (χ0) is 15.9. The summed E-state index contributed by atoms with van der Waals surface area (Å²) in [5.74, 6) is 0. The number of thioether (sulfide) groups is 1. The molecule has 23 heavy (non-hydrogen) atoms. The summed E-state index contributed by atoms with van der Waals surface area (Å²) in [7, 11) is 0. The van der Waals surface area contributed by atoms with Crippen LogP contribution in [0.2, 0.25) is 0 Å². The quantitative estimate of drug-likeness (QED) is 0.600. The number of likely N-dealkylation sites (tertiary alicyclic amines) is 1. The van der Waals surface area contributed by atoms with Gasteiger partial charge >= 0.3 is 0 Å². The summed E-state index contributed by atoms with van der Waals surface area (Å²) in [6.45, 7) is 3.60. The van der Waals surface area contributed by atoms with E-state index in [1.54, 1.807) is 18.0 Å². The lowest BCUT2D eigenvalue weighted by Crippen LogP contribution is -2.39. The minimum absolute atomic E-state index is 0.287. The molecule has 1 aliphatic heterocycles. The highest BCUT2D eigenvalue weighted by Crippen LogP contribution is 2.17. The molecule has 0 unspecified atom stereocenters. The predicted molar refractivity (Wildman–Crippen MR) is 91.1 cm³/mol. The van der Waals surface area contributed by atoms with Gasteiger partial charge in [0.15, 0.2) is 5.16 Å². The van der Waals surface area contributed by atoms with Gasteiger partial charge in [-0.05, 0) is 37.3 Å². The highest BCUT2D eigenvalue weighted by Gasteiger charge is 2.20. The number of pyridine rings is 1. The van der Waals surface area contributed by atoms with Crippen molar-refractivity contribution in [2.24, 2.45) is 0 Å². The molecule has 0 spiro atoms. The minimum Gasteiger partial charge on any atom is -0.372 e. The summed E-state index contributed by atoms with van der Waals surface area (Å²) in [4.78, 5) is 15.2. The van der Waals surface area contributed by atoms with Gasteiger partial charge in [-0.1, -0.05) is 17.8 Å². The predicted octanol–water partition coefficient (Wildman–Crippen LogP) is 2.77. The van der Waals surface area contributed by atoms with Gasteiger partial charge in [-0.25, -0.2) is 9.97 Å². The molecule has 0 aromatic carbocycles. The Bertz CT molecular complexity index is 593. The van der Waals surface area contributed by atoms with Gasteiger partial charge in [0, 0.05) is 43.4 Å². The number of ether oxygens (including phenoxy) is 1. The SMILES string of the molecule is CSc1ncc(CN2CCC[C@H](OCc3cccnc3)C2)cn1. The second-order valence-corrected chi connectivity index (χ2v) is 6.52. The summed E-state index contributed by atoms with van der Waals surface area (Å²) in [5, 5.41) is 0.824. The molecular formula is C17H22N4OS. The van der Waals surface area contributed by atoms with E-state index in [1.807, 2.05) is 30.9 Å². The summed E-state index contributed by atoms with van der Waals surface area (Å²) < 4.78 is 6.06. The molecule has 3 heterocycles. The van der Waals surface area contributed by atoms with Gasteiger partial charge in [0.25, 0.3) is 0 Å². The van der Waals surface area contributed by atoms with Gasteiger partial charge in [0.1, 0.15) is 0 Å². The highest BCUT2D eigenvalue weighted by atomic mass is 32.2. The van der Waals surface area contributed by atoms with Gasteiger partial charge in [-0.15, -0.1) is 0 Å². The summed E-state index contributed by atoms with van der Waals surface area (Å²) in [6, 6.07) is 4.00. The van der Waals surface area contributed by atoms with Crippen LogP contribution in [-0.2, 0) is 17.9 Å². The smallest absolute Gasteiger partial charge is 0.187 e. The lowest BCUT2D eigenvalue weighted by molar-refractivity contribution is -0.0122. The van der Waals surface area contributed by atoms with Crippen molar-refractivity contribution in [2.75, 3.05) is 19.3 Å². The zero-order valence-electron chi connectivity index (χ0n) is 13.4. The number of hydrogen-bond acceptors (Lipinski definition) is 6. The van der Waals surface area contributed by atoms with Crippen LogP contribution in [0.4, 0.5) is 0 Å². The van der Waals surface area contributed by atoms with Gasteiger partial charge in [0.05, 0.1) is 12.7 Å². The van der Waals surface area contributed by atoms with E-state index in [1.165, 1.54) is 6.42 Å². The second kappa shape index (κ2) is 8.38. The van der Waals surface area contributed by atoms with Crippen molar-refractivity contribution in [2.45, 2.75) is 37.3 Å². The van der Waals surface area contributed by atoms with E-state index in [9.17, 15) is 0 Å². The molecule has 0 amide bonds. The monoisotopic (exact) mass is 330 g/mol. The Morgan fingerprint density at radius 1 is 1.26 bits per heavy atom. The molecule has 0 aliphatic carbocycles. The fourth-order valence-corrected chi connectivity index (χ4v) is 3.09. The van der Waals surface area contributed by atoms with Gasteiger partial charge in [-0.3, -0.25) is 9.88 Å². The van der Waals surface area contributed by atoms with Crippen molar-refractivity contribution in [3.05, 3.63) is 48.0 Å². The Labute approximate surface area is 141 Å². The number of hydrogen-bond donors (Lipinski definition) is 0. The number of piperidine rings is 1. The zero-order valence-corrected chi connectivity index (χ0v) is 14.2. The fourth-order valence-electron chi connectivity index (χ4n) is 2.78. The van der Waals surface area contributed by atoms with Crippen LogP contribution >= 0.6 is 11.8 Å². The van der Waals surface area contributed by atoms with Crippen molar-refractivity contribution in [1.82, 2.24) is 19.9 Å². The first-order chi connectivity index (χ1) is 11.3. The molecule has 2 aromatic heterocycles. The Hall–Kier alpha value is -1.50. The lowest BCUT2D eigenvalue weighted by Gasteiger charge is -2.32. The van der Waals surface area contributed by atoms with Crippen molar-refractivity contribution in [3.63, 3.8) is 0 Å². The number of rotatable bonds is 6. The molecule has 0 saturated carbocycles. The molecule has 2 aromatic rings. The highest BCUT2D eigenvalue weighted by molar-refractivity contribution is 7.98. The average molecular weight is 330 g/mol. The molecule has 1 aliphatic rings. The molecule has 1 atom stereocenters. The van der Waals surface area contributed by atoms with Crippen LogP contribution in [0.5, 0.6) is 0 Å². The van der Waals surface area contributed by atoms with Gasteiger partial charge < -0.3 is 4.74 Å². The first kappa shape index (κ1) is 16.4. The third kappa shape index (κ3) is 4.99. The van der Waals surface area contributed by atoms with Crippen LogP contribution in [0, 0.1) is 0 Å². The number of nitrogens with zero attached hydrogens (tertiary/aromatic N) is 4. The Morgan fingerprint density at radius 3 is 2.87 bits per heavy atom. The average Bonchev–Trinajstić information content (AvgIpc) is 2.62. The van der Waals surface area contributed by atoms with Crippen molar-refractivity contribution < 1.29 is 4.74 Å². The van der Waals surface area contributed by atoms with Gasteiger partial charge in [0.2, 0.25) is 0 Å². The maximum atomic E-state index is 6.06. The van der Waals surface area contributed by atoms with Crippen LogP contribution in [0.3, 0.4) is 0 Å². The number of aromatic nitrogens is 3. The third-order valence-corrected chi connectivity index (χ3v) is 4.52. The molecule has 1 saturated heterocycles. The van der Waals surface area contributed by atoms with Crippen LogP contribution in [0.25, 0.3) is 0 Å². The van der Waals surface area contributed by atoms with E-state index in [0.29, 0.717) is 6.61 Å². The Morgan fingerprint density at radius 2 is 2.13 bits per heavy atom. The van der Waals surface area contributed by atoms with E-state index in [0.717, 1.165) is 42.3 Å². The third-order valence-electron chi connectivity index (χ3n) is 3.94. The van der Waals surface area contributed by atoms with Crippen molar-refractivity contribution >= 4 is 11.8 Å². The second-order valence-electron chi connectivity index (χ2n) is 5.75. The van der Waals surface area contributed by atoms with Crippen molar-refractivity contribution in [3.8, 4) is 0 Å². The van der Waals surface area contributed by atoms with Gasteiger partial charge in [-0.2, -0.15) is 0 Å². The molecule has 1 fully saturated rings. The van der Waals surface area contributed by atoms with Crippen LogP contribution in [0.15, 0.2) is 42.1 Å². The first-order valence-corrected chi connectivity index (χ1v) is 9.14. The minimum atomic E-state index is 0.287. The van der Waals surface area contributed by atoms with Crippen molar-refractivity contribution in [1.29, 1.82) is 0 Å². The largest absolute Gasteiger partial charge is 0.372 e. The van der Waals surface area contributed by atoms with Crippen LogP contribution in [-0.4, -0.2) is 45.3 Å². The van der Waals surface area contributed by atoms with Crippen LogP contribution < -0.4 is 0 Å². The molecule has 122 valence electrons. The first-order valence-electron chi connectivity index (χ1n) is 7.91. The standard InChI is InChI=1S/C17H22N4OS/c1-23-17-19-9-15(10-20-17)11-21-7-3-5-16(12-21)22-13-14-4-2-6-18-8-14/h2,4,6,8-10,16H,3,5,7,11-13H2,1H3/t16-/m0/s1. The molecule has 6 heteroatoms. The van der Waals surface area contributed by atoms with E-state index in [2.05, 4.69) is 25.9 Å². The molecule has 5 nitrogen and oxygen atoms in total. The molecule has 0 bridgehead atoms. The summed E-state index contributed by atoms with van der Waals surface area (Å²) in [6.07, 6.45) is 12.1. The maximum absolute atomic E-state index is 6.06. The van der Waals surface area contributed by atoms with E-state index < -0.39 is 0 Å². The normalized spacial score (nSPS) is 18.9. The topological polar surface area (TPSA) is 51.1 Å². The maximum Gasteiger partial charge on any atom is 0.187 e. The fraction of sp³-hybridized carbons (Fsp3) is 0.471. The molecule has 0 N–H and O–H groups in total. The summed E-state index contributed by atoms with van der Waals surface area (Å²) >= 11 is 1.57. The Kier molecular flexibility index (Phi) is 5.96.